The van der Waals surface area contributed by atoms with E-state index in [0.717, 1.165) is 32.4 Å². The number of carbonyl (C=O) groups excluding carboxylic acids is 1. The molecule has 0 aromatic rings. The number of ether oxygens (including phenoxy) is 2. The Kier molecular flexibility index (Phi) is 7.96. The van der Waals surface area contributed by atoms with Crippen LogP contribution in [0.1, 0.15) is 19.3 Å². The van der Waals surface area contributed by atoms with E-state index in [2.05, 4.69) is 10.6 Å². The predicted octanol–water partition coefficient (Wildman–Crippen LogP) is 0.155. The maximum Gasteiger partial charge on any atom is 0.224 e. The molecule has 1 amide bonds. The highest BCUT2D eigenvalue weighted by molar-refractivity contribution is 5.78. The molecule has 0 aromatic carbocycles. The molecular formula is C12H24N2O3. The van der Waals surface area contributed by atoms with Crippen LogP contribution < -0.4 is 10.6 Å². The summed E-state index contributed by atoms with van der Waals surface area (Å²) in [6.45, 7) is 4.47. The zero-order chi connectivity index (χ0) is 12.3. The first-order valence-corrected chi connectivity index (χ1v) is 6.39. The molecule has 0 bridgehead atoms. The van der Waals surface area contributed by atoms with Crippen LogP contribution in [-0.4, -0.2) is 52.5 Å². The third kappa shape index (κ3) is 6.61. The monoisotopic (exact) mass is 244 g/mol. The number of methoxy groups -OCH3 is 1. The lowest BCUT2D eigenvalue weighted by Crippen LogP contribution is -2.40. The van der Waals surface area contributed by atoms with Crippen molar-refractivity contribution in [2.45, 2.75) is 19.3 Å². The minimum Gasteiger partial charge on any atom is -0.382 e. The van der Waals surface area contributed by atoms with Crippen LogP contribution in [-0.2, 0) is 14.3 Å². The predicted molar refractivity (Wildman–Crippen MR) is 65.9 cm³/mol. The molecule has 1 heterocycles. The second-order valence-electron chi connectivity index (χ2n) is 4.29. The Labute approximate surface area is 103 Å². The fourth-order valence-corrected chi connectivity index (χ4v) is 1.85. The summed E-state index contributed by atoms with van der Waals surface area (Å²) >= 11 is 0. The van der Waals surface area contributed by atoms with Crippen molar-refractivity contribution < 1.29 is 14.3 Å². The highest BCUT2D eigenvalue weighted by Crippen LogP contribution is 2.09. The maximum absolute atomic E-state index is 11.7. The molecule has 5 nitrogen and oxygen atoms in total. The smallest absolute Gasteiger partial charge is 0.224 e. The van der Waals surface area contributed by atoms with E-state index in [1.807, 2.05) is 0 Å². The van der Waals surface area contributed by atoms with E-state index in [-0.39, 0.29) is 11.8 Å². The van der Waals surface area contributed by atoms with Crippen LogP contribution in [0.4, 0.5) is 0 Å². The fourth-order valence-electron chi connectivity index (χ4n) is 1.85. The molecule has 1 aliphatic rings. The van der Waals surface area contributed by atoms with Gasteiger partial charge in [-0.1, -0.05) is 0 Å². The van der Waals surface area contributed by atoms with E-state index in [4.69, 9.17) is 9.47 Å². The van der Waals surface area contributed by atoms with E-state index in [9.17, 15) is 4.79 Å². The number of rotatable bonds is 8. The molecule has 0 aliphatic carbocycles. The standard InChI is InChI=1S/C12H24N2O3/c1-16-8-9-17-7-3-6-14-12(15)11-4-2-5-13-10-11/h11,13H,2-10H2,1H3,(H,14,15). The van der Waals surface area contributed by atoms with Crippen molar-refractivity contribution in [3.63, 3.8) is 0 Å². The quantitative estimate of drug-likeness (QED) is 0.597. The first-order chi connectivity index (χ1) is 8.34. The topological polar surface area (TPSA) is 59.6 Å². The molecule has 0 saturated carbocycles. The largest absolute Gasteiger partial charge is 0.382 e. The van der Waals surface area contributed by atoms with Gasteiger partial charge in [-0.05, 0) is 25.8 Å². The molecule has 0 radical (unpaired) electrons. The summed E-state index contributed by atoms with van der Waals surface area (Å²) in [4.78, 5) is 11.7. The third-order valence-electron chi connectivity index (χ3n) is 2.86. The Morgan fingerprint density at radius 2 is 2.29 bits per heavy atom. The van der Waals surface area contributed by atoms with Crippen molar-refractivity contribution in [1.82, 2.24) is 10.6 Å². The molecule has 2 N–H and O–H groups in total. The average molecular weight is 244 g/mol. The van der Waals surface area contributed by atoms with Crippen molar-refractivity contribution in [1.29, 1.82) is 0 Å². The van der Waals surface area contributed by atoms with E-state index in [1.165, 1.54) is 0 Å². The third-order valence-corrected chi connectivity index (χ3v) is 2.86. The molecule has 5 heteroatoms. The lowest BCUT2D eigenvalue weighted by atomic mass is 9.99. The Morgan fingerprint density at radius 3 is 3.00 bits per heavy atom. The first-order valence-electron chi connectivity index (χ1n) is 6.39. The second kappa shape index (κ2) is 9.39. The van der Waals surface area contributed by atoms with E-state index >= 15 is 0 Å². The summed E-state index contributed by atoms with van der Waals surface area (Å²) < 4.78 is 10.2. The Bertz CT molecular complexity index is 206. The minimum absolute atomic E-state index is 0.151. The zero-order valence-electron chi connectivity index (χ0n) is 10.7. The molecule has 1 fully saturated rings. The van der Waals surface area contributed by atoms with Gasteiger partial charge in [0, 0.05) is 26.8 Å². The van der Waals surface area contributed by atoms with Crippen molar-refractivity contribution in [2.24, 2.45) is 5.92 Å². The number of piperidine rings is 1. The van der Waals surface area contributed by atoms with Gasteiger partial charge in [0.05, 0.1) is 19.1 Å². The van der Waals surface area contributed by atoms with E-state index in [1.54, 1.807) is 7.11 Å². The fraction of sp³-hybridized carbons (Fsp3) is 0.917. The zero-order valence-corrected chi connectivity index (χ0v) is 10.7. The molecule has 1 rings (SSSR count). The summed E-state index contributed by atoms with van der Waals surface area (Å²) in [5.74, 6) is 0.326. The lowest BCUT2D eigenvalue weighted by molar-refractivity contribution is -0.125. The molecule has 0 aromatic heterocycles. The molecule has 1 aliphatic heterocycles. The Morgan fingerprint density at radius 1 is 1.41 bits per heavy atom. The Balaban J connectivity index is 1.92. The van der Waals surface area contributed by atoms with Crippen molar-refractivity contribution in [2.75, 3.05) is 46.6 Å². The van der Waals surface area contributed by atoms with Gasteiger partial charge >= 0.3 is 0 Å². The number of carbonyl (C=O) groups is 1. The van der Waals surface area contributed by atoms with Gasteiger partial charge < -0.3 is 20.1 Å². The molecule has 100 valence electrons. The minimum atomic E-state index is 0.151. The van der Waals surface area contributed by atoms with Crippen LogP contribution in [0.3, 0.4) is 0 Å². The maximum atomic E-state index is 11.7. The average Bonchev–Trinajstić information content (AvgIpc) is 2.38. The molecule has 0 spiro atoms. The second-order valence-corrected chi connectivity index (χ2v) is 4.29. The summed E-state index contributed by atoms with van der Waals surface area (Å²) in [5, 5.41) is 6.19. The van der Waals surface area contributed by atoms with Crippen LogP contribution in [0.2, 0.25) is 0 Å². The van der Waals surface area contributed by atoms with Crippen LogP contribution in [0.5, 0.6) is 0 Å². The summed E-state index contributed by atoms with van der Waals surface area (Å²) in [5.41, 5.74) is 0. The van der Waals surface area contributed by atoms with E-state index in [0.29, 0.717) is 26.4 Å². The lowest BCUT2D eigenvalue weighted by Gasteiger charge is -2.21. The number of hydrogen-bond donors (Lipinski definition) is 2. The highest BCUT2D eigenvalue weighted by Gasteiger charge is 2.19. The first kappa shape index (κ1) is 14.4. The molecular weight excluding hydrogens is 220 g/mol. The Hall–Kier alpha value is -0.650. The molecule has 17 heavy (non-hydrogen) atoms. The summed E-state index contributed by atoms with van der Waals surface area (Å²) in [7, 11) is 1.65. The normalized spacial score (nSPS) is 20.2. The summed E-state index contributed by atoms with van der Waals surface area (Å²) in [6, 6.07) is 0. The van der Waals surface area contributed by atoms with Gasteiger partial charge in [-0.2, -0.15) is 0 Å². The van der Waals surface area contributed by atoms with Gasteiger partial charge in [0.15, 0.2) is 0 Å². The number of nitrogens with one attached hydrogen (secondary N) is 2. The highest BCUT2D eigenvalue weighted by atomic mass is 16.5. The van der Waals surface area contributed by atoms with Gasteiger partial charge in [-0.25, -0.2) is 0 Å². The number of amides is 1. The van der Waals surface area contributed by atoms with Crippen LogP contribution >= 0.6 is 0 Å². The molecule has 1 unspecified atom stereocenters. The van der Waals surface area contributed by atoms with Gasteiger partial charge in [-0.3, -0.25) is 4.79 Å². The van der Waals surface area contributed by atoms with Crippen molar-refractivity contribution in [3.05, 3.63) is 0 Å². The van der Waals surface area contributed by atoms with Gasteiger partial charge in [0.1, 0.15) is 0 Å². The number of hydrogen-bond acceptors (Lipinski definition) is 4. The van der Waals surface area contributed by atoms with E-state index < -0.39 is 0 Å². The van der Waals surface area contributed by atoms with Crippen LogP contribution in [0.25, 0.3) is 0 Å². The van der Waals surface area contributed by atoms with Gasteiger partial charge in [0.2, 0.25) is 5.91 Å². The molecule has 1 atom stereocenters. The van der Waals surface area contributed by atoms with Crippen LogP contribution in [0, 0.1) is 5.92 Å². The van der Waals surface area contributed by atoms with Crippen molar-refractivity contribution >= 4 is 5.91 Å². The van der Waals surface area contributed by atoms with Crippen LogP contribution in [0.15, 0.2) is 0 Å². The van der Waals surface area contributed by atoms with Gasteiger partial charge in [0.25, 0.3) is 0 Å². The molecule has 1 saturated heterocycles. The van der Waals surface area contributed by atoms with Gasteiger partial charge in [-0.15, -0.1) is 0 Å². The summed E-state index contributed by atoms with van der Waals surface area (Å²) in [6.07, 6.45) is 2.96. The van der Waals surface area contributed by atoms with Crippen molar-refractivity contribution in [3.8, 4) is 0 Å². The SMILES string of the molecule is COCCOCCCNC(=O)C1CCCNC1.